The van der Waals surface area contributed by atoms with Gasteiger partial charge >= 0.3 is 0 Å². The molecular formula is C16H23ClN2O3. The standard InChI is InChI=1S/C16H23ClN2O3/c17-13-4-5-14(15(9-13)22-8-2-6-18)16(20)19-10-12-3-1-7-21-11-12/h4-5,9,12H,1-3,6-8,10-11,18H2,(H,19,20)/t12-/m0/s1. The third-order valence-corrected chi connectivity index (χ3v) is 3.84. The maximum atomic E-state index is 12.4. The van der Waals surface area contributed by atoms with E-state index in [1.807, 2.05) is 0 Å². The molecule has 1 aliphatic rings. The lowest BCUT2D eigenvalue weighted by molar-refractivity contribution is 0.0536. The van der Waals surface area contributed by atoms with Crippen LogP contribution in [0.1, 0.15) is 29.6 Å². The molecule has 2 rings (SSSR count). The molecule has 1 aromatic rings. The molecule has 0 unspecified atom stereocenters. The first-order valence-corrected chi connectivity index (χ1v) is 8.07. The number of rotatable bonds is 7. The summed E-state index contributed by atoms with van der Waals surface area (Å²) in [6, 6.07) is 5.04. The molecule has 1 aliphatic heterocycles. The van der Waals surface area contributed by atoms with Crippen LogP contribution in [0.25, 0.3) is 0 Å². The first-order chi connectivity index (χ1) is 10.7. The average Bonchev–Trinajstić information content (AvgIpc) is 2.54. The predicted octanol–water partition coefficient (Wildman–Crippen LogP) is 2.22. The van der Waals surface area contributed by atoms with Crippen LogP contribution in [0.4, 0.5) is 0 Å². The van der Waals surface area contributed by atoms with Crippen LogP contribution in [-0.4, -0.2) is 38.8 Å². The van der Waals surface area contributed by atoms with Crippen molar-refractivity contribution in [1.82, 2.24) is 5.32 Å². The Kier molecular flexibility index (Phi) is 6.96. The molecule has 1 saturated heterocycles. The number of benzene rings is 1. The maximum absolute atomic E-state index is 12.4. The minimum atomic E-state index is -0.148. The second kappa shape index (κ2) is 8.98. The largest absolute Gasteiger partial charge is 0.493 e. The Morgan fingerprint density at radius 1 is 1.50 bits per heavy atom. The lowest BCUT2D eigenvalue weighted by Crippen LogP contribution is -2.33. The van der Waals surface area contributed by atoms with Crippen molar-refractivity contribution in [2.45, 2.75) is 19.3 Å². The van der Waals surface area contributed by atoms with Gasteiger partial charge in [-0.1, -0.05) is 11.6 Å². The van der Waals surface area contributed by atoms with E-state index in [4.69, 9.17) is 26.8 Å². The van der Waals surface area contributed by atoms with Gasteiger partial charge in [0.15, 0.2) is 0 Å². The fourth-order valence-corrected chi connectivity index (χ4v) is 2.53. The van der Waals surface area contributed by atoms with Crippen LogP contribution in [0.2, 0.25) is 5.02 Å². The minimum absolute atomic E-state index is 0.148. The molecule has 0 aromatic heterocycles. The van der Waals surface area contributed by atoms with Gasteiger partial charge in [0.2, 0.25) is 0 Å². The summed E-state index contributed by atoms with van der Waals surface area (Å²) < 4.78 is 11.0. The summed E-state index contributed by atoms with van der Waals surface area (Å²) >= 11 is 5.98. The lowest BCUT2D eigenvalue weighted by Gasteiger charge is -2.22. The van der Waals surface area contributed by atoms with Crippen molar-refractivity contribution in [3.63, 3.8) is 0 Å². The van der Waals surface area contributed by atoms with Gasteiger partial charge in [-0.05, 0) is 49.9 Å². The van der Waals surface area contributed by atoms with Crippen molar-refractivity contribution < 1.29 is 14.3 Å². The molecule has 122 valence electrons. The highest BCUT2D eigenvalue weighted by molar-refractivity contribution is 6.30. The van der Waals surface area contributed by atoms with Crippen molar-refractivity contribution in [2.75, 3.05) is 32.9 Å². The Labute approximate surface area is 136 Å². The minimum Gasteiger partial charge on any atom is -0.493 e. The molecule has 5 nitrogen and oxygen atoms in total. The normalized spacial score (nSPS) is 18.0. The van der Waals surface area contributed by atoms with Crippen molar-refractivity contribution in [3.8, 4) is 5.75 Å². The van der Waals surface area contributed by atoms with Gasteiger partial charge in [0.05, 0.1) is 18.8 Å². The van der Waals surface area contributed by atoms with Crippen LogP contribution >= 0.6 is 11.6 Å². The molecule has 0 spiro atoms. The summed E-state index contributed by atoms with van der Waals surface area (Å²) in [4.78, 5) is 12.4. The molecule has 6 heteroatoms. The molecule has 0 aliphatic carbocycles. The third kappa shape index (κ3) is 5.16. The number of halogens is 1. The van der Waals surface area contributed by atoms with Gasteiger partial charge < -0.3 is 20.5 Å². The zero-order valence-corrected chi connectivity index (χ0v) is 13.4. The van der Waals surface area contributed by atoms with Gasteiger partial charge in [0, 0.05) is 18.2 Å². The van der Waals surface area contributed by atoms with Crippen molar-refractivity contribution in [2.24, 2.45) is 11.7 Å². The predicted molar refractivity (Wildman–Crippen MR) is 86.5 cm³/mol. The van der Waals surface area contributed by atoms with Crippen LogP contribution in [0.3, 0.4) is 0 Å². The van der Waals surface area contributed by atoms with Gasteiger partial charge in [0.25, 0.3) is 5.91 Å². The Bertz CT molecular complexity index is 490. The summed E-state index contributed by atoms with van der Waals surface area (Å²) in [5, 5.41) is 3.49. The van der Waals surface area contributed by atoms with Crippen LogP contribution in [0, 0.1) is 5.92 Å². The number of amides is 1. The zero-order chi connectivity index (χ0) is 15.8. The summed E-state index contributed by atoms with van der Waals surface area (Å²) in [6.07, 6.45) is 2.86. The van der Waals surface area contributed by atoms with E-state index in [0.717, 1.165) is 25.9 Å². The van der Waals surface area contributed by atoms with Crippen molar-refractivity contribution in [3.05, 3.63) is 28.8 Å². The van der Waals surface area contributed by atoms with E-state index in [2.05, 4.69) is 5.32 Å². The van der Waals surface area contributed by atoms with Crippen molar-refractivity contribution >= 4 is 17.5 Å². The van der Waals surface area contributed by atoms with E-state index in [-0.39, 0.29) is 5.91 Å². The number of nitrogens with one attached hydrogen (secondary N) is 1. The second-order valence-electron chi connectivity index (χ2n) is 5.42. The van der Waals surface area contributed by atoms with E-state index in [1.165, 1.54) is 0 Å². The lowest BCUT2D eigenvalue weighted by atomic mass is 10.0. The van der Waals surface area contributed by atoms with Gasteiger partial charge in [0.1, 0.15) is 5.75 Å². The summed E-state index contributed by atoms with van der Waals surface area (Å²) in [6.45, 7) is 3.16. The maximum Gasteiger partial charge on any atom is 0.255 e. The van der Waals surface area contributed by atoms with Gasteiger partial charge in [-0.15, -0.1) is 0 Å². The van der Waals surface area contributed by atoms with E-state index in [9.17, 15) is 4.79 Å². The van der Waals surface area contributed by atoms with Crippen molar-refractivity contribution in [1.29, 1.82) is 0 Å². The molecule has 1 amide bonds. The first-order valence-electron chi connectivity index (χ1n) is 7.69. The Balaban J connectivity index is 1.95. The fourth-order valence-electron chi connectivity index (χ4n) is 2.37. The quantitative estimate of drug-likeness (QED) is 0.754. The Hall–Kier alpha value is -1.30. The van der Waals surface area contributed by atoms with Crippen LogP contribution in [-0.2, 0) is 4.74 Å². The highest BCUT2D eigenvalue weighted by Crippen LogP contribution is 2.24. The first kappa shape index (κ1) is 17.1. The highest BCUT2D eigenvalue weighted by atomic mass is 35.5. The van der Waals surface area contributed by atoms with Gasteiger partial charge in [-0.3, -0.25) is 4.79 Å². The molecule has 0 bridgehead atoms. The molecular weight excluding hydrogens is 304 g/mol. The summed E-state index contributed by atoms with van der Waals surface area (Å²) in [5.74, 6) is 0.731. The highest BCUT2D eigenvalue weighted by Gasteiger charge is 2.17. The molecule has 1 fully saturated rings. The molecule has 0 radical (unpaired) electrons. The van der Waals surface area contributed by atoms with E-state index < -0.39 is 0 Å². The zero-order valence-electron chi connectivity index (χ0n) is 12.6. The van der Waals surface area contributed by atoms with Gasteiger partial charge in [-0.25, -0.2) is 0 Å². The average molecular weight is 327 g/mol. The fraction of sp³-hybridized carbons (Fsp3) is 0.562. The Morgan fingerprint density at radius 2 is 2.36 bits per heavy atom. The summed E-state index contributed by atoms with van der Waals surface area (Å²) in [5.41, 5.74) is 5.95. The monoisotopic (exact) mass is 326 g/mol. The van der Waals surface area contributed by atoms with Crippen LogP contribution in [0.15, 0.2) is 18.2 Å². The van der Waals surface area contributed by atoms with E-state index in [1.54, 1.807) is 18.2 Å². The van der Waals surface area contributed by atoms with E-state index >= 15 is 0 Å². The number of carbonyl (C=O) groups excluding carboxylic acids is 1. The second-order valence-corrected chi connectivity index (χ2v) is 5.86. The smallest absolute Gasteiger partial charge is 0.255 e. The van der Waals surface area contributed by atoms with E-state index in [0.29, 0.717) is 48.6 Å². The number of hydrogen-bond donors (Lipinski definition) is 2. The molecule has 1 heterocycles. The number of hydrogen-bond acceptors (Lipinski definition) is 4. The molecule has 1 atom stereocenters. The molecule has 1 aromatic carbocycles. The van der Waals surface area contributed by atoms with Crippen LogP contribution in [0.5, 0.6) is 5.75 Å². The molecule has 22 heavy (non-hydrogen) atoms. The number of ether oxygens (including phenoxy) is 2. The number of nitrogens with two attached hydrogens (primary N) is 1. The summed E-state index contributed by atoms with van der Waals surface area (Å²) in [7, 11) is 0. The topological polar surface area (TPSA) is 73.6 Å². The molecule has 0 saturated carbocycles. The van der Waals surface area contributed by atoms with Crippen LogP contribution < -0.4 is 15.8 Å². The Morgan fingerprint density at radius 3 is 3.09 bits per heavy atom. The number of carbonyl (C=O) groups is 1. The molecule has 3 N–H and O–H groups in total. The third-order valence-electron chi connectivity index (χ3n) is 3.60. The van der Waals surface area contributed by atoms with Gasteiger partial charge in [-0.2, -0.15) is 0 Å². The SMILES string of the molecule is NCCCOc1cc(Cl)ccc1C(=O)NC[C@@H]1CCCOC1.